The first-order valence-corrected chi connectivity index (χ1v) is 4.28. The summed E-state index contributed by atoms with van der Waals surface area (Å²) in [6.45, 7) is 4.79. The smallest absolute Gasteiger partial charge is 0.154 e. The molecule has 0 aliphatic carbocycles. The van der Waals surface area contributed by atoms with E-state index in [1.165, 1.54) is 0 Å². The second-order valence-corrected chi connectivity index (χ2v) is 2.71. The molecule has 1 aromatic rings. The standard InChI is InChI=1S/C9H14N2O2/c1-3-13-6-9-10-7(2)4-8(5-12)11-9/h4,12H,3,5-6H2,1-2H3. The second-order valence-electron chi connectivity index (χ2n) is 2.71. The van der Waals surface area contributed by atoms with Crippen molar-refractivity contribution in [3.05, 3.63) is 23.3 Å². The van der Waals surface area contributed by atoms with Crippen LogP contribution in [-0.4, -0.2) is 21.7 Å². The molecule has 0 atom stereocenters. The molecule has 0 unspecified atom stereocenters. The van der Waals surface area contributed by atoms with Crippen molar-refractivity contribution in [2.75, 3.05) is 6.61 Å². The van der Waals surface area contributed by atoms with Crippen molar-refractivity contribution in [1.29, 1.82) is 0 Å². The van der Waals surface area contributed by atoms with Crippen molar-refractivity contribution in [2.45, 2.75) is 27.1 Å². The summed E-state index contributed by atoms with van der Waals surface area (Å²) in [6, 6.07) is 1.76. The Balaban J connectivity index is 2.76. The van der Waals surface area contributed by atoms with Gasteiger partial charge in [-0.25, -0.2) is 9.97 Å². The van der Waals surface area contributed by atoms with Gasteiger partial charge in [0.2, 0.25) is 0 Å². The van der Waals surface area contributed by atoms with Gasteiger partial charge < -0.3 is 9.84 Å². The SMILES string of the molecule is CCOCc1nc(C)cc(CO)n1. The summed E-state index contributed by atoms with van der Waals surface area (Å²) in [4.78, 5) is 8.28. The molecule has 0 spiro atoms. The van der Waals surface area contributed by atoms with E-state index in [-0.39, 0.29) is 6.61 Å². The normalized spacial score (nSPS) is 10.4. The summed E-state index contributed by atoms with van der Waals surface area (Å²) < 4.78 is 5.17. The fourth-order valence-electron chi connectivity index (χ4n) is 1.04. The maximum Gasteiger partial charge on any atom is 0.154 e. The van der Waals surface area contributed by atoms with Crippen molar-refractivity contribution >= 4 is 0 Å². The van der Waals surface area contributed by atoms with Crippen molar-refractivity contribution in [1.82, 2.24) is 9.97 Å². The predicted octanol–water partition coefficient (Wildman–Crippen LogP) is 0.814. The zero-order valence-electron chi connectivity index (χ0n) is 7.95. The van der Waals surface area contributed by atoms with Crippen LogP contribution < -0.4 is 0 Å². The van der Waals surface area contributed by atoms with E-state index in [9.17, 15) is 0 Å². The number of hydrogen-bond donors (Lipinski definition) is 1. The van der Waals surface area contributed by atoms with Crippen LogP contribution in [0.15, 0.2) is 6.07 Å². The van der Waals surface area contributed by atoms with Crippen molar-refractivity contribution in [3.8, 4) is 0 Å². The van der Waals surface area contributed by atoms with Crippen LogP contribution in [0.5, 0.6) is 0 Å². The molecule has 72 valence electrons. The molecule has 1 N–H and O–H groups in total. The van der Waals surface area contributed by atoms with Crippen LogP contribution in [0, 0.1) is 6.92 Å². The predicted molar refractivity (Wildman–Crippen MR) is 48.0 cm³/mol. The minimum atomic E-state index is -0.0531. The van der Waals surface area contributed by atoms with Crippen LogP contribution >= 0.6 is 0 Å². The Bertz CT molecular complexity index is 276. The highest BCUT2D eigenvalue weighted by Crippen LogP contribution is 2.01. The maximum absolute atomic E-state index is 8.88. The number of rotatable bonds is 4. The topological polar surface area (TPSA) is 55.2 Å². The van der Waals surface area contributed by atoms with Crippen molar-refractivity contribution in [2.24, 2.45) is 0 Å². The molecular weight excluding hydrogens is 168 g/mol. The molecule has 0 aromatic carbocycles. The lowest BCUT2D eigenvalue weighted by Gasteiger charge is -2.03. The Kier molecular flexibility index (Phi) is 3.79. The second kappa shape index (κ2) is 4.89. The minimum Gasteiger partial charge on any atom is -0.390 e. The summed E-state index contributed by atoms with van der Waals surface area (Å²) in [5, 5.41) is 8.88. The van der Waals surface area contributed by atoms with Gasteiger partial charge >= 0.3 is 0 Å². The number of aromatic nitrogens is 2. The Labute approximate surface area is 77.6 Å². The molecule has 1 aromatic heterocycles. The van der Waals surface area contributed by atoms with E-state index in [4.69, 9.17) is 9.84 Å². The first-order valence-electron chi connectivity index (χ1n) is 4.28. The Morgan fingerprint density at radius 2 is 2.23 bits per heavy atom. The van der Waals surface area contributed by atoms with Gasteiger partial charge in [0.15, 0.2) is 5.82 Å². The monoisotopic (exact) mass is 182 g/mol. The van der Waals surface area contributed by atoms with Gasteiger partial charge in [-0.3, -0.25) is 0 Å². The lowest BCUT2D eigenvalue weighted by Crippen LogP contribution is -2.03. The Morgan fingerprint density at radius 1 is 1.46 bits per heavy atom. The molecule has 0 bridgehead atoms. The Morgan fingerprint density at radius 3 is 2.85 bits per heavy atom. The number of aliphatic hydroxyl groups is 1. The number of aryl methyl sites for hydroxylation is 1. The molecule has 4 nitrogen and oxygen atoms in total. The van der Waals surface area contributed by atoms with Crippen LogP contribution in [0.2, 0.25) is 0 Å². The van der Waals surface area contributed by atoms with E-state index in [2.05, 4.69) is 9.97 Å². The number of nitrogens with zero attached hydrogens (tertiary/aromatic N) is 2. The number of ether oxygens (including phenoxy) is 1. The maximum atomic E-state index is 8.88. The van der Waals surface area contributed by atoms with Gasteiger partial charge in [-0.15, -0.1) is 0 Å². The number of hydrogen-bond acceptors (Lipinski definition) is 4. The fraction of sp³-hybridized carbons (Fsp3) is 0.556. The van der Waals surface area contributed by atoms with Crippen LogP contribution in [0.4, 0.5) is 0 Å². The van der Waals surface area contributed by atoms with Gasteiger partial charge in [0.05, 0.1) is 12.3 Å². The molecule has 1 heterocycles. The van der Waals surface area contributed by atoms with Gasteiger partial charge in [-0.1, -0.05) is 0 Å². The van der Waals surface area contributed by atoms with E-state index < -0.39 is 0 Å². The van der Waals surface area contributed by atoms with Gasteiger partial charge in [-0.2, -0.15) is 0 Å². The van der Waals surface area contributed by atoms with Gasteiger partial charge in [0.1, 0.15) is 6.61 Å². The molecule has 0 radical (unpaired) electrons. The molecule has 4 heteroatoms. The largest absolute Gasteiger partial charge is 0.390 e. The van der Waals surface area contributed by atoms with Crippen molar-refractivity contribution in [3.63, 3.8) is 0 Å². The van der Waals surface area contributed by atoms with E-state index >= 15 is 0 Å². The molecule has 0 fully saturated rings. The van der Waals surface area contributed by atoms with E-state index in [1.54, 1.807) is 6.07 Å². The van der Waals surface area contributed by atoms with Crippen LogP contribution in [0.3, 0.4) is 0 Å². The average Bonchev–Trinajstić information content (AvgIpc) is 2.14. The molecule has 0 amide bonds. The summed E-state index contributed by atoms with van der Waals surface area (Å²) >= 11 is 0. The summed E-state index contributed by atoms with van der Waals surface area (Å²) in [5.41, 5.74) is 1.50. The minimum absolute atomic E-state index is 0.0531. The van der Waals surface area contributed by atoms with Crippen LogP contribution in [0.1, 0.15) is 24.1 Å². The van der Waals surface area contributed by atoms with Gasteiger partial charge in [0, 0.05) is 12.3 Å². The average molecular weight is 182 g/mol. The highest BCUT2D eigenvalue weighted by molar-refractivity contribution is 5.08. The van der Waals surface area contributed by atoms with Crippen molar-refractivity contribution < 1.29 is 9.84 Å². The van der Waals surface area contributed by atoms with Gasteiger partial charge in [0.25, 0.3) is 0 Å². The lowest BCUT2D eigenvalue weighted by atomic mass is 10.3. The van der Waals surface area contributed by atoms with Crippen LogP contribution in [0.25, 0.3) is 0 Å². The molecule has 1 rings (SSSR count). The van der Waals surface area contributed by atoms with E-state index in [0.29, 0.717) is 24.7 Å². The first-order chi connectivity index (χ1) is 6.26. The highest BCUT2D eigenvalue weighted by atomic mass is 16.5. The molecule has 0 saturated carbocycles. The zero-order chi connectivity index (χ0) is 9.68. The fourth-order valence-corrected chi connectivity index (χ4v) is 1.04. The molecular formula is C9H14N2O2. The Hall–Kier alpha value is -1.00. The quantitative estimate of drug-likeness (QED) is 0.748. The highest BCUT2D eigenvalue weighted by Gasteiger charge is 2.00. The molecule has 0 aliphatic rings. The third-order valence-electron chi connectivity index (χ3n) is 1.55. The third-order valence-corrected chi connectivity index (χ3v) is 1.55. The molecule has 13 heavy (non-hydrogen) atoms. The molecule has 0 aliphatic heterocycles. The van der Waals surface area contributed by atoms with E-state index in [1.807, 2.05) is 13.8 Å². The van der Waals surface area contributed by atoms with Gasteiger partial charge in [-0.05, 0) is 19.9 Å². The first kappa shape index (κ1) is 10.1. The third kappa shape index (κ3) is 3.08. The molecule has 0 saturated heterocycles. The number of aliphatic hydroxyl groups excluding tert-OH is 1. The van der Waals surface area contributed by atoms with Crippen LogP contribution in [-0.2, 0) is 18.0 Å². The summed E-state index contributed by atoms with van der Waals surface area (Å²) in [7, 11) is 0. The zero-order valence-corrected chi connectivity index (χ0v) is 7.95. The summed E-state index contributed by atoms with van der Waals surface area (Å²) in [6.07, 6.45) is 0. The lowest BCUT2D eigenvalue weighted by molar-refractivity contribution is 0.127. The summed E-state index contributed by atoms with van der Waals surface area (Å²) in [5.74, 6) is 0.630. The van der Waals surface area contributed by atoms with E-state index in [0.717, 1.165) is 5.69 Å².